The van der Waals surface area contributed by atoms with Gasteiger partial charge in [-0.1, -0.05) is 18.2 Å². The molecule has 148 valence electrons. The number of hydrogen-bond acceptors (Lipinski definition) is 5. The molecule has 6 nitrogen and oxygen atoms in total. The monoisotopic (exact) mass is 460 g/mol. The number of anilines is 1. The van der Waals surface area contributed by atoms with Crippen LogP contribution in [-0.4, -0.2) is 21.6 Å². The lowest BCUT2D eigenvalue weighted by molar-refractivity contribution is 0.357. The van der Waals surface area contributed by atoms with Crippen LogP contribution in [0.15, 0.2) is 64.1 Å². The largest absolute Gasteiger partial charge is 0.493 e. The van der Waals surface area contributed by atoms with Gasteiger partial charge in [0.2, 0.25) is 5.95 Å². The molecule has 4 aromatic rings. The van der Waals surface area contributed by atoms with Crippen LogP contribution in [0.3, 0.4) is 0 Å². The Balaban J connectivity index is 1.58. The van der Waals surface area contributed by atoms with Crippen LogP contribution in [0.5, 0.6) is 5.75 Å². The number of hydrogen-bond donors (Lipinski definition) is 1. The second-order valence-corrected chi connectivity index (χ2v) is 8.50. The normalized spacial score (nSPS) is 17.1. The molecule has 0 fully saturated rings. The quantitative estimate of drug-likeness (QED) is 0.486. The van der Waals surface area contributed by atoms with Gasteiger partial charge in [0.1, 0.15) is 5.75 Å². The molecule has 2 aliphatic heterocycles. The van der Waals surface area contributed by atoms with Crippen molar-refractivity contribution >= 4 is 32.8 Å². The summed E-state index contributed by atoms with van der Waals surface area (Å²) in [6, 6.07) is 13.8. The summed E-state index contributed by atoms with van der Waals surface area (Å²) < 4.78 is 6.50. The van der Waals surface area contributed by atoms with E-state index in [1.54, 1.807) is 12.4 Å². The smallest absolute Gasteiger partial charge is 0.226 e. The molecule has 0 saturated heterocycles. The van der Waals surface area contributed by atoms with E-state index in [-0.39, 0.29) is 11.5 Å². The summed E-state index contributed by atoms with van der Waals surface area (Å²) >= 11 is 3.40. The lowest BCUT2D eigenvalue weighted by Crippen LogP contribution is -2.25. The number of para-hydroxylation sites is 1. The molecule has 0 radical (unpaired) electrons. The van der Waals surface area contributed by atoms with Gasteiger partial charge in [-0.05, 0) is 51.3 Å². The van der Waals surface area contributed by atoms with Crippen molar-refractivity contribution < 1.29 is 4.74 Å². The molecule has 7 heteroatoms. The second-order valence-electron chi connectivity index (χ2n) is 7.59. The Morgan fingerprint density at radius 3 is 2.83 bits per heavy atom. The van der Waals surface area contributed by atoms with Gasteiger partial charge in [0.15, 0.2) is 5.43 Å². The van der Waals surface area contributed by atoms with Gasteiger partial charge in [-0.15, -0.1) is 0 Å². The minimum atomic E-state index is -0.176. The summed E-state index contributed by atoms with van der Waals surface area (Å²) in [5, 5.41) is 0.705. The molecule has 30 heavy (non-hydrogen) atoms. The number of pyridine rings is 1. The summed E-state index contributed by atoms with van der Waals surface area (Å²) in [6.45, 7) is 1.16. The Labute approximate surface area is 180 Å². The van der Waals surface area contributed by atoms with Crippen molar-refractivity contribution in [2.45, 2.75) is 19.0 Å². The van der Waals surface area contributed by atoms with E-state index in [4.69, 9.17) is 4.74 Å². The highest BCUT2D eigenvalue weighted by Gasteiger charge is 2.36. The number of aromatic amines is 1. The predicted octanol–water partition coefficient (Wildman–Crippen LogP) is 4.13. The maximum Gasteiger partial charge on any atom is 0.226 e. The van der Waals surface area contributed by atoms with Crippen molar-refractivity contribution in [3.8, 4) is 5.75 Å². The predicted molar refractivity (Wildman–Crippen MR) is 118 cm³/mol. The van der Waals surface area contributed by atoms with Gasteiger partial charge in [0.05, 0.1) is 29.4 Å². The molecular weight excluding hydrogens is 444 g/mol. The lowest BCUT2D eigenvalue weighted by Gasteiger charge is -2.25. The fourth-order valence-corrected chi connectivity index (χ4v) is 4.67. The van der Waals surface area contributed by atoms with Crippen molar-refractivity contribution in [3.63, 3.8) is 0 Å². The molecule has 0 saturated carbocycles. The standard InChI is InChI=1S/C23H17BrN4O2/c24-15-10-25-23(26-11-15)28-12-17-20(27-18-4-2-1-3-16(18)22(17)29)21(28)14-5-6-19-13(9-14)7-8-30-19/h1-6,9-11,21H,7-8,12H2,(H,27,29). The molecule has 0 aliphatic carbocycles. The summed E-state index contributed by atoms with van der Waals surface area (Å²) in [5.74, 6) is 1.53. The average molecular weight is 461 g/mol. The third-order valence-corrected chi connectivity index (χ3v) is 6.26. The third kappa shape index (κ3) is 2.65. The van der Waals surface area contributed by atoms with Gasteiger partial charge in [0.25, 0.3) is 0 Å². The van der Waals surface area contributed by atoms with E-state index in [0.29, 0.717) is 24.5 Å². The van der Waals surface area contributed by atoms with Gasteiger partial charge in [0, 0.05) is 35.3 Å². The number of benzene rings is 2. The van der Waals surface area contributed by atoms with Crippen LogP contribution in [0.1, 0.15) is 28.4 Å². The van der Waals surface area contributed by atoms with Gasteiger partial charge in [-0.3, -0.25) is 4.79 Å². The van der Waals surface area contributed by atoms with E-state index < -0.39 is 0 Å². The van der Waals surface area contributed by atoms with Gasteiger partial charge in [-0.2, -0.15) is 0 Å². The van der Waals surface area contributed by atoms with Crippen molar-refractivity contribution in [2.24, 2.45) is 0 Å². The van der Waals surface area contributed by atoms with E-state index in [9.17, 15) is 4.79 Å². The topological polar surface area (TPSA) is 71.1 Å². The van der Waals surface area contributed by atoms with E-state index in [0.717, 1.165) is 39.0 Å². The third-order valence-electron chi connectivity index (χ3n) is 5.85. The SMILES string of the molecule is O=c1c2c([nH]c3ccccc13)C(c1ccc3c(c1)CCO3)N(c1ncc(Br)cn1)C2. The maximum absolute atomic E-state index is 13.3. The Hall–Kier alpha value is -3.19. The molecule has 1 N–H and O–H groups in total. The van der Waals surface area contributed by atoms with Crippen LogP contribution in [-0.2, 0) is 13.0 Å². The molecule has 0 amide bonds. The second kappa shape index (κ2) is 6.67. The van der Waals surface area contributed by atoms with Crippen LogP contribution in [0.2, 0.25) is 0 Å². The van der Waals surface area contributed by atoms with Gasteiger partial charge in [-0.25, -0.2) is 9.97 Å². The first kappa shape index (κ1) is 17.7. The molecule has 2 aromatic heterocycles. The molecule has 6 rings (SSSR count). The van der Waals surface area contributed by atoms with Crippen molar-refractivity contribution in [2.75, 3.05) is 11.5 Å². The first-order valence-corrected chi connectivity index (χ1v) is 10.6. The molecular formula is C23H17BrN4O2. The summed E-state index contributed by atoms with van der Waals surface area (Å²) in [6.07, 6.45) is 4.36. The number of nitrogens with zero attached hydrogens (tertiary/aromatic N) is 3. The van der Waals surface area contributed by atoms with Crippen LogP contribution in [0.25, 0.3) is 10.9 Å². The molecule has 0 bridgehead atoms. The number of H-pyrrole nitrogens is 1. The van der Waals surface area contributed by atoms with E-state index >= 15 is 0 Å². The minimum absolute atomic E-state index is 0.0634. The zero-order valence-electron chi connectivity index (χ0n) is 15.9. The number of ether oxygens (including phenoxy) is 1. The highest BCUT2D eigenvalue weighted by atomic mass is 79.9. The number of halogens is 1. The molecule has 0 spiro atoms. The average Bonchev–Trinajstić information content (AvgIpc) is 3.38. The summed E-state index contributed by atoms with van der Waals surface area (Å²) in [7, 11) is 0. The number of fused-ring (bicyclic) bond motifs is 3. The first-order valence-electron chi connectivity index (χ1n) is 9.82. The van der Waals surface area contributed by atoms with Gasteiger partial charge >= 0.3 is 0 Å². The molecule has 2 aromatic carbocycles. The van der Waals surface area contributed by atoms with E-state index in [2.05, 4.69) is 47.9 Å². The summed E-state index contributed by atoms with van der Waals surface area (Å²) in [5.41, 5.74) is 4.87. The van der Waals surface area contributed by atoms with Crippen LogP contribution < -0.4 is 15.1 Å². The molecule has 4 heterocycles. The fraction of sp³-hybridized carbons (Fsp3) is 0.174. The van der Waals surface area contributed by atoms with Crippen molar-refractivity contribution in [1.82, 2.24) is 15.0 Å². The Morgan fingerprint density at radius 1 is 1.13 bits per heavy atom. The zero-order valence-corrected chi connectivity index (χ0v) is 17.5. The summed E-state index contributed by atoms with van der Waals surface area (Å²) in [4.78, 5) is 28.0. The maximum atomic E-state index is 13.3. The number of nitrogens with one attached hydrogen (secondary N) is 1. The van der Waals surface area contributed by atoms with Crippen molar-refractivity contribution in [3.05, 3.63) is 91.9 Å². The van der Waals surface area contributed by atoms with Crippen LogP contribution >= 0.6 is 15.9 Å². The molecule has 1 unspecified atom stereocenters. The van der Waals surface area contributed by atoms with E-state index in [1.807, 2.05) is 30.3 Å². The first-order chi connectivity index (χ1) is 14.7. The zero-order chi connectivity index (χ0) is 20.2. The Bertz CT molecular complexity index is 1350. The highest BCUT2D eigenvalue weighted by molar-refractivity contribution is 9.10. The van der Waals surface area contributed by atoms with E-state index in [1.165, 1.54) is 5.56 Å². The Kier molecular flexibility index (Phi) is 3.92. The van der Waals surface area contributed by atoms with Gasteiger partial charge < -0.3 is 14.6 Å². The molecule has 2 aliphatic rings. The van der Waals surface area contributed by atoms with Crippen LogP contribution in [0, 0.1) is 0 Å². The highest BCUT2D eigenvalue weighted by Crippen LogP contribution is 2.40. The minimum Gasteiger partial charge on any atom is -0.493 e. The molecule has 1 atom stereocenters. The van der Waals surface area contributed by atoms with Crippen molar-refractivity contribution in [1.29, 1.82) is 0 Å². The number of aromatic nitrogens is 3. The number of rotatable bonds is 2. The Morgan fingerprint density at radius 2 is 1.97 bits per heavy atom. The lowest BCUT2D eigenvalue weighted by atomic mass is 9.98. The fourth-order valence-electron chi connectivity index (χ4n) is 4.47. The van der Waals surface area contributed by atoms with Crippen LogP contribution in [0.4, 0.5) is 5.95 Å².